The Kier molecular flexibility index (Phi) is 43.9. The number of amides is 1. The van der Waals surface area contributed by atoms with E-state index in [0.29, 0.717) is 6.42 Å². The van der Waals surface area contributed by atoms with Crippen LogP contribution in [-0.4, -0.2) is 54.3 Å². The first kappa shape index (κ1) is 56.5. The molecule has 9 nitrogen and oxygen atoms in total. The highest BCUT2D eigenvalue weighted by atomic mass is 31.2. The summed E-state index contributed by atoms with van der Waals surface area (Å²) in [5.41, 5.74) is 0. The zero-order valence-corrected chi connectivity index (χ0v) is 38.6. The lowest BCUT2D eigenvalue weighted by Gasteiger charge is -2.15. The largest absolute Gasteiger partial charge is 0.472 e. The predicted molar refractivity (Wildman–Crippen MR) is 243 cm³/mol. The van der Waals surface area contributed by atoms with Crippen molar-refractivity contribution in [3.05, 3.63) is 24.3 Å². The van der Waals surface area contributed by atoms with Gasteiger partial charge in [0.15, 0.2) is 0 Å². The summed E-state index contributed by atoms with van der Waals surface area (Å²) in [5.74, 6) is -0.515. The highest BCUT2D eigenvalue weighted by Crippen LogP contribution is 2.42. The van der Waals surface area contributed by atoms with Crippen LogP contribution in [0.2, 0.25) is 0 Å². The number of aliphatic hydroxyl groups excluding tert-OH is 1. The van der Waals surface area contributed by atoms with Crippen LogP contribution in [0.15, 0.2) is 24.3 Å². The Balaban J connectivity index is 3.55. The summed E-state index contributed by atoms with van der Waals surface area (Å²) in [6.07, 6.45) is 49.7. The highest BCUT2D eigenvalue weighted by Gasteiger charge is 2.23. The number of unbranched alkanes of at least 4 members (excludes halogenated alkanes) is 29. The molecule has 2 atom stereocenters. The van der Waals surface area contributed by atoms with E-state index in [1.807, 2.05) is 0 Å². The predicted octanol–water partition coefficient (Wildman–Crippen LogP) is 13.9. The molecule has 10 heteroatoms. The molecular weight excluding hydrogens is 750 g/mol. The number of hydrogen-bond acceptors (Lipinski definition) is 7. The molecule has 0 rings (SSSR count). The van der Waals surface area contributed by atoms with Gasteiger partial charge in [-0.1, -0.05) is 205 Å². The molecular formula is C48H92NO8P. The van der Waals surface area contributed by atoms with Gasteiger partial charge in [0, 0.05) is 19.4 Å². The Morgan fingerprint density at radius 3 is 1.41 bits per heavy atom. The number of phosphoric ester groups is 1. The van der Waals surface area contributed by atoms with Crippen LogP contribution < -0.4 is 5.32 Å². The summed E-state index contributed by atoms with van der Waals surface area (Å²) >= 11 is 0. The number of allylic oxidation sites excluding steroid dienone is 4. The number of ether oxygens (including phenoxy) is 1. The molecule has 0 aliphatic rings. The van der Waals surface area contributed by atoms with E-state index in [-0.39, 0.29) is 32.1 Å². The van der Waals surface area contributed by atoms with Gasteiger partial charge in [-0.15, -0.1) is 0 Å². The first-order chi connectivity index (χ1) is 28.3. The van der Waals surface area contributed by atoms with Gasteiger partial charge >= 0.3 is 13.8 Å². The van der Waals surface area contributed by atoms with Gasteiger partial charge in [0.05, 0.1) is 13.2 Å². The third-order valence-corrected chi connectivity index (χ3v) is 11.6. The van der Waals surface area contributed by atoms with E-state index in [1.54, 1.807) is 0 Å². The number of hydrogen-bond donors (Lipinski definition) is 3. The minimum Gasteiger partial charge on any atom is -0.463 e. The van der Waals surface area contributed by atoms with E-state index in [1.165, 1.54) is 161 Å². The van der Waals surface area contributed by atoms with E-state index in [9.17, 15) is 24.2 Å². The molecule has 2 unspecified atom stereocenters. The van der Waals surface area contributed by atoms with Crippen molar-refractivity contribution in [2.45, 2.75) is 245 Å². The maximum Gasteiger partial charge on any atom is 0.472 e. The Morgan fingerprint density at radius 2 is 0.931 bits per heavy atom. The number of nitrogens with one attached hydrogen (secondary N) is 1. The molecule has 0 aromatic carbocycles. The Hall–Kier alpha value is -1.51. The number of esters is 1. The van der Waals surface area contributed by atoms with Gasteiger partial charge < -0.3 is 20.1 Å². The smallest absolute Gasteiger partial charge is 0.463 e. The Bertz CT molecular complexity index is 1010. The fourth-order valence-corrected chi connectivity index (χ4v) is 7.70. The molecule has 1 amide bonds. The third-order valence-electron chi connectivity index (χ3n) is 10.6. The van der Waals surface area contributed by atoms with Crippen LogP contribution >= 0.6 is 7.82 Å². The summed E-state index contributed by atoms with van der Waals surface area (Å²) < 4.78 is 26.9. The molecule has 0 bridgehead atoms. The second-order valence-electron chi connectivity index (χ2n) is 16.4. The van der Waals surface area contributed by atoms with Crippen molar-refractivity contribution in [3.63, 3.8) is 0 Å². The molecule has 0 aromatic rings. The standard InChI is InChI=1S/C48H92NO8P/c1-3-5-7-9-11-13-15-17-19-21-22-23-25-27-29-31-33-35-37-39-41-48(52)55-44-46(50)45-57-58(53,54)56-43-42-49-47(51)40-38-36-34-32-30-28-26-24-20-18-16-14-12-10-8-6-4-2/h12,14,18,20,46,50H,3-11,13,15-17,19,21-45H2,1-2H3,(H,49,51)(H,53,54)/b14-12-,20-18-. The Morgan fingerprint density at radius 1 is 0.534 bits per heavy atom. The van der Waals surface area contributed by atoms with Crippen molar-refractivity contribution in [2.75, 3.05) is 26.4 Å². The zero-order chi connectivity index (χ0) is 42.5. The molecule has 0 spiro atoms. The minimum absolute atomic E-state index is 0.0795. The maximum absolute atomic E-state index is 12.1. The van der Waals surface area contributed by atoms with E-state index in [0.717, 1.165) is 51.4 Å². The normalized spacial score (nSPS) is 13.4. The quantitative estimate of drug-likeness (QED) is 0.0239. The van der Waals surface area contributed by atoms with E-state index < -0.39 is 26.5 Å². The van der Waals surface area contributed by atoms with Crippen LogP contribution in [-0.2, 0) is 27.9 Å². The van der Waals surface area contributed by atoms with Crippen molar-refractivity contribution in [3.8, 4) is 0 Å². The fraction of sp³-hybridized carbons (Fsp3) is 0.875. The van der Waals surface area contributed by atoms with Gasteiger partial charge in [-0.2, -0.15) is 0 Å². The topological polar surface area (TPSA) is 131 Å². The molecule has 342 valence electrons. The molecule has 0 aliphatic heterocycles. The molecule has 0 saturated heterocycles. The molecule has 0 aromatic heterocycles. The van der Waals surface area contributed by atoms with Crippen molar-refractivity contribution in [1.82, 2.24) is 5.32 Å². The summed E-state index contributed by atoms with van der Waals surface area (Å²) in [4.78, 5) is 34.0. The number of phosphoric acid groups is 1. The SMILES string of the molecule is CCCCC/C=C\C/C=C\CCCCCCCCCC(=O)NCCOP(=O)(O)OCC(O)COC(=O)CCCCCCCCCCCCCCCCCCCCCC. The highest BCUT2D eigenvalue weighted by molar-refractivity contribution is 7.47. The van der Waals surface area contributed by atoms with Gasteiger partial charge in [-0.3, -0.25) is 18.6 Å². The molecule has 3 N–H and O–H groups in total. The zero-order valence-electron chi connectivity index (χ0n) is 37.8. The summed E-state index contributed by atoms with van der Waals surface area (Å²) in [7, 11) is -4.42. The monoisotopic (exact) mass is 842 g/mol. The van der Waals surface area contributed by atoms with Gasteiger partial charge in [-0.05, 0) is 44.9 Å². The lowest BCUT2D eigenvalue weighted by Crippen LogP contribution is -2.27. The second kappa shape index (κ2) is 45.0. The van der Waals surface area contributed by atoms with E-state index in [4.69, 9.17) is 13.8 Å². The van der Waals surface area contributed by atoms with Crippen LogP contribution in [0, 0.1) is 0 Å². The second-order valence-corrected chi connectivity index (χ2v) is 17.9. The van der Waals surface area contributed by atoms with Crippen molar-refractivity contribution in [2.24, 2.45) is 0 Å². The van der Waals surface area contributed by atoms with Crippen LogP contribution in [0.4, 0.5) is 0 Å². The van der Waals surface area contributed by atoms with Gasteiger partial charge in [-0.25, -0.2) is 4.57 Å². The lowest BCUT2D eigenvalue weighted by atomic mass is 10.0. The summed E-state index contributed by atoms with van der Waals surface area (Å²) in [5, 5.41) is 12.7. The van der Waals surface area contributed by atoms with Gasteiger partial charge in [0.1, 0.15) is 12.7 Å². The van der Waals surface area contributed by atoms with Gasteiger partial charge in [0.2, 0.25) is 5.91 Å². The summed E-state index contributed by atoms with van der Waals surface area (Å²) in [6.45, 7) is 3.56. The van der Waals surface area contributed by atoms with Crippen LogP contribution in [0.5, 0.6) is 0 Å². The van der Waals surface area contributed by atoms with Crippen LogP contribution in [0.25, 0.3) is 0 Å². The number of aliphatic hydroxyl groups is 1. The maximum atomic E-state index is 12.1. The first-order valence-electron chi connectivity index (χ1n) is 24.3. The fourth-order valence-electron chi connectivity index (χ4n) is 6.94. The molecule has 0 radical (unpaired) electrons. The average molecular weight is 842 g/mol. The van der Waals surface area contributed by atoms with E-state index in [2.05, 4.69) is 43.5 Å². The van der Waals surface area contributed by atoms with Crippen molar-refractivity contribution >= 4 is 19.7 Å². The third kappa shape index (κ3) is 45.6. The molecule has 0 aliphatic carbocycles. The lowest BCUT2D eigenvalue weighted by molar-refractivity contribution is -0.147. The summed E-state index contributed by atoms with van der Waals surface area (Å²) in [6, 6.07) is 0. The van der Waals surface area contributed by atoms with E-state index >= 15 is 0 Å². The number of carbonyl (C=O) groups is 2. The Labute approximate surface area is 357 Å². The number of carbonyl (C=O) groups excluding carboxylic acids is 2. The van der Waals surface area contributed by atoms with Crippen molar-refractivity contribution < 1.29 is 37.9 Å². The van der Waals surface area contributed by atoms with Crippen LogP contribution in [0.3, 0.4) is 0 Å². The molecule has 0 heterocycles. The number of rotatable bonds is 46. The van der Waals surface area contributed by atoms with Crippen molar-refractivity contribution in [1.29, 1.82) is 0 Å². The van der Waals surface area contributed by atoms with Gasteiger partial charge in [0.25, 0.3) is 0 Å². The average Bonchev–Trinajstić information content (AvgIpc) is 3.21. The molecule has 58 heavy (non-hydrogen) atoms. The molecule has 0 saturated carbocycles. The minimum atomic E-state index is -4.42. The van der Waals surface area contributed by atoms with Crippen LogP contribution in [0.1, 0.15) is 239 Å². The first-order valence-corrected chi connectivity index (χ1v) is 25.8. The molecule has 0 fully saturated rings.